The number of rotatable bonds is 1. The van der Waals surface area contributed by atoms with Crippen LogP contribution in [0.25, 0.3) is 0 Å². The lowest BCUT2D eigenvalue weighted by Gasteiger charge is -1.93. The summed E-state index contributed by atoms with van der Waals surface area (Å²) in [5.41, 5.74) is 0. The Morgan fingerprint density at radius 3 is 1.80 bits per heavy atom. The summed E-state index contributed by atoms with van der Waals surface area (Å²) in [6, 6.07) is 0. The minimum absolute atomic E-state index is 0.736. The van der Waals surface area contributed by atoms with Crippen LogP contribution in [0.3, 0.4) is 0 Å². The number of hydrogen-bond acceptors (Lipinski definition) is 1. The van der Waals surface area contributed by atoms with Gasteiger partial charge in [0.1, 0.15) is 0 Å². The first-order chi connectivity index (χ1) is 7.35. The molecule has 2 heteroatoms. The lowest BCUT2D eigenvalue weighted by atomic mass is 10.1. The highest BCUT2D eigenvalue weighted by atomic mass is 127. The summed E-state index contributed by atoms with van der Waals surface area (Å²) in [5, 5.41) is 0. The van der Waals surface area contributed by atoms with Crippen LogP contribution in [0.4, 0.5) is 0 Å². The molecule has 0 aromatic carbocycles. The summed E-state index contributed by atoms with van der Waals surface area (Å²) in [6.07, 6.45) is 12.5. The van der Waals surface area contributed by atoms with Gasteiger partial charge in [-0.25, -0.2) is 0 Å². The van der Waals surface area contributed by atoms with Crippen molar-refractivity contribution >= 4 is 22.6 Å². The van der Waals surface area contributed by atoms with Gasteiger partial charge >= 0.3 is 0 Å². The minimum Gasteiger partial charge on any atom is -0.381 e. The molecule has 0 saturated carbocycles. The highest BCUT2D eigenvalue weighted by molar-refractivity contribution is 14.1. The van der Waals surface area contributed by atoms with Gasteiger partial charge < -0.3 is 4.74 Å². The smallest absolute Gasteiger partial charge is 0.0466 e. The predicted octanol–water partition coefficient (Wildman–Crippen LogP) is 4.38. The van der Waals surface area contributed by atoms with Crippen LogP contribution in [-0.4, -0.2) is 17.6 Å². The van der Waals surface area contributed by atoms with Crippen molar-refractivity contribution in [1.29, 1.82) is 0 Å². The van der Waals surface area contributed by atoms with Crippen LogP contribution in [0, 0.1) is 5.92 Å². The maximum Gasteiger partial charge on any atom is 0.0466 e. The molecule has 88 valence electrons. The van der Waals surface area contributed by atoms with Gasteiger partial charge in [0, 0.05) is 13.2 Å². The molecule has 15 heavy (non-hydrogen) atoms. The first-order valence-electron chi connectivity index (χ1n) is 5.83. The van der Waals surface area contributed by atoms with E-state index in [-0.39, 0.29) is 0 Å². The third kappa shape index (κ3) is 10.5. The first-order valence-corrected chi connectivity index (χ1v) is 7.36. The molecule has 0 atom stereocenters. The molecule has 0 spiro atoms. The predicted molar refractivity (Wildman–Crippen MR) is 76.7 cm³/mol. The SMILES string of the molecule is C1CCOC1.CCC1C=CC=C1.CCI. The van der Waals surface area contributed by atoms with Gasteiger partial charge in [0.25, 0.3) is 0 Å². The van der Waals surface area contributed by atoms with Crippen LogP contribution in [0.1, 0.15) is 33.1 Å². The monoisotopic (exact) mass is 322 g/mol. The van der Waals surface area contributed by atoms with Crippen LogP contribution in [0.15, 0.2) is 24.3 Å². The van der Waals surface area contributed by atoms with Gasteiger partial charge in [0.15, 0.2) is 0 Å². The van der Waals surface area contributed by atoms with E-state index in [2.05, 4.69) is 60.7 Å². The minimum atomic E-state index is 0.736. The van der Waals surface area contributed by atoms with E-state index < -0.39 is 0 Å². The molecule has 1 saturated heterocycles. The Morgan fingerprint density at radius 1 is 1.13 bits per heavy atom. The molecule has 1 fully saturated rings. The van der Waals surface area contributed by atoms with Gasteiger partial charge in [-0.15, -0.1) is 0 Å². The van der Waals surface area contributed by atoms with Crippen molar-refractivity contribution in [3.63, 3.8) is 0 Å². The van der Waals surface area contributed by atoms with Gasteiger partial charge in [0.05, 0.1) is 0 Å². The fraction of sp³-hybridized carbons (Fsp3) is 0.692. The van der Waals surface area contributed by atoms with Crippen molar-refractivity contribution < 1.29 is 4.74 Å². The lowest BCUT2D eigenvalue weighted by Crippen LogP contribution is -1.81. The summed E-state index contributed by atoms with van der Waals surface area (Å²) in [4.78, 5) is 0. The molecule has 1 heterocycles. The van der Waals surface area contributed by atoms with E-state index in [9.17, 15) is 0 Å². The first kappa shape index (κ1) is 15.2. The molecule has 0 N–H and O–H groups in total. The second-order valence-corrected chi connectivity index (χ2v) is 4.95. The molecular formula is C13H23IO. The van der Waals surface area contributed by atoms with Crippen LogP contribution >= 0.6 is 22.6 Å². The Kier molecular flexibility index (Phi) is 12.4. The number of hydrogen-bond donors (Lipinski definition) is 0. The number of ether oxygens (including phenoxy) is 1. The van der Waals surface area contributed by atoms with Crippen molar-refractivity contribution in [1.82, 2.24) is 0 Å². The average Bonchev–Trinajstić information content (AvgIpc) is 2.96. The molecule has 1 nitrogen and oxygen atoms in total. The molecular weight excluding hydrogens is 299 g/mol. The molecule has 0 bridgehead atoms. The summed E-state index contributed by atoms with van der Waals surface area (Å²) in [6.45, 7) is 6.31. The molecule has 0 amide bonds. The van der Waals surface area contributed by atoms with E-state index in [4.69, 9.17) is 4.74 Å². The Hall–Kier alpha value is 0.170. The van der Waals surface area contributed by atoms with E-state index >= 15 is 0 Å². The summed E-state index contributed by atoms with van der Waals surface area (Å²) >= 11 is 2.29. The van der Waals surface area contributed by atoms with Crippen molar-refractivity contribution in [2.24, 2.45) is 5.92 Å². The van der Waals surface area contributed by atoms with E-state index in [0.29, 0.717) is 0 Å². The fourth-order valence-corrected chi connectivity index (χ4v) is 1.26. The molecule has 2 aliphatic rings. The Labute approximate surface area is 108 Å². The van der Waals surface area contributed by atoms with Crippen molar-refractivity contribution in [3.05, 3.63) is 24.3 Å². The standard InChI is InChI=1S/C7H10.C4H8O.C2H5I/c1-2-7-5-3-4-6-7;1-2-4-5-3-1;1-2-3/h3-7H,2H2,1H3;1-4H2;2H2,1H3. The van der Waals surface area contributed by atoms with E-state index in [0.717, 1.165) is 19.1 Å². The van der Waals surface area contributed by atoms with Crippen LogP contribution in [0.5, 0.6) is 0 Å². The van der Waals surface area contributed by atoms with Gasteiger partial charge in [0.2, 0.25) is 0 Å². The Morgan fingerprint density at radius 2 is 1.60 bits per heavy atom. The molecule has 2 rings (SSSR count). The summed E-state index contributed by atoms with van der Waals surface area (Å²) in [5.74, 6) is 0.736. The highest BCUT2D eigenvalue weighted by Crippen LogP contribution is 2.11. The maximum atomic E-state index is 4.94. The van der Waals surface area contributed by atoms with Gasteiger partial charge in [-0.2, -0.15) is 0 Å². The third-order valence-corrected chi connectivity index (χ3v) is 2.13. The molecule has 0 radical (unpaired) electrons. The highest BCUT2D eigenvalue weighted by Gasteiger charge is 1.96. The molecule has 0 aromatic rings. The Bertz CT molecular complexity index is 152. The van der Waals surface area contributed by atoms with Gasteiger partial charge in [-0.05, 0) is 29.6 Å². The fourth-order valence-electron chi connectivity index (χ4n) is 1.26. The van der Waals surface area contributed by atoms with Crippen molar-refractivity contribution in [2.75, 3.05) is 17.6 Å². The zero-order chi connectivity index (χ0) is 11.4. The molecule has 1 aliphatic carbocycles. The van der Waals surface area contributed by atoms with Gasteiger partial charge in [-0.3, -0.25) is 0 Å². The lowest BCUT2D eigenvalue weighted by molar-refractivity contribution is 0.198. The normalized spacial score (nSPS) is 18.1. The van der Waals surface area contributed by atoms with Crippen LogP contribution < -0.4 is 0 Å². The second-order valence-electron chi connectivity index (χ2n) is 3.43. The summed E-state index contributed by atoms with van der Waals surface area (Å²) in [7, 11) is 0. The largest absolute Gasteiger partial charge is 0.381 e. The van der Waals surface area contributed by atoms with Crippen LogP contribution in [-0.2, 0) is 4.74 Å². The average molecular weight is 322 g/mol. The van der Waals surface area contributed by atoms with Crippen LogP contribution in [0.2, 0.25) is 0 Å². The zero-order valence-corrected chi connectivity index (χ0v) is 12.1. The molecule has 0 aromatic heterocycles. The van der Waals surface area contributed by atoms with E-state index in [1.807, 2.05) is 0 Å². The third-order valence-electron chi connectivity index (χ3n) is 2.13. The number of alkyl halides is 1. The number of allylic oxidation sites excluding steroid dienone is 4. The van der Waals surface area contributed by atoms with Gasteiger partial charge in [-0.1, -0.05) is 60.7 Å². The quantitative estimate of drug-likeness (QED) is 0.514. The zero-order valence-electron chi connectivity index (χ0n) is 9.92. The Balaban J connectivity index is 0.000000216. The van der Waals surface area contributed by atoms with E-state index in [1.54, 1.807) is 0 Å². The second kappa shape index (κ2) is 12.2. The number of halogens is 1. The molecule has 1 aliphatic heterocycles. The summed E-state index contributed by atoms with van der Waals surface area (Å²) < 4.78 is 6.16. The van der Waals surface area contributed by atoms with Crippen molar-refractivity contribution in [3.8, 4) is 0 Å². The topological polar surface area (TPSA) is 9.23 Å². The molecule has 0 unspecified atom stereocenters. The van der Waals surface area contributed by atoms with E-state index in [1.165, 1.54) is 23.7 Å². The van der Waals surface area contributed by atoms with Crippen molar-refractivity contribution in [2.45, 2.75) is 33.1 Å². The maximum absolute atomic E-state index is 4.94.